The van der Waals surface area contributed by atoms with Crippen molar-refractivity contribution in [2.75, 3.05) is 6.61 Å². The second-order valence-electron chi connectivity index (χ2n) is 3.74. The van der Waals surface area contributed by atoms with Gasteiger partial charge in [0.25, 0.3) is 0 Å². The van der Waals surface area contributed by atoms with Gasteiger partial charge in [-0.25, -0.2) is 0 Å². The van der Waals surface area contributed by atoms with Gasteiger partial charge in [-0.3, -0.25) is 4.79 Å². The van der Waals surface area contributed by atoms with Gasteiger partial charge in [0.2, 0.25) is 0 Å². The van der Waals surface area contributed by atoms with Gasteiger partial charge in [-0.1, -0.05) is 26.2 Å². The predicted molar refractivity (Wildman–Crippen MR) is 47.8 cm³/mol. The average molecular weight is 170 g/mol. The first-order chi connectivity index (χ1) is 5.79. The van der Waals surface area contributed by atoms with Crippen LogP contribution in [0.15, 0.2) is 0 Å². The summed E-state index contributed by atoms with van der Waals surface area (Å²) in [4.78, 5) is 11.0. The normalized spacial score (nSPS) is 27.8. The monoisotopic (exact) mass is 170 g/mol. The summed E-state index contributed by atoms with van der Waals surface area (Å²) >= 11 is 0. The Bertz CT molecular complexity index is 143. The zero-order valence-electron chi connectivity index (χ0n) is 7.84. The van der Waals surface area contributed by atoms with Crippen LogP contribution < -0.4 is 0 Å². The molecule has 1 heterocycles. The molecule has 0 amide bonds. The van der Waals surface area contributed by atoms with Crippen LogP contribution in [0.2, 0.25) is 0 Å². The van der Waals surface area contributed by atoms with Crippen LogP contribution in [0, 0.1) is 5.92 Å². The maximum atomic E-state index is 11.0. The van der Waals surface area contributed by atoms with Crippen molar-refractivity contribution in [3.8, 4) is 0 Å². The van der Waals surface area contributed by atoms with Crippen LogP contribution in [-0.4, -0.2) is 12.6 Å². The van der Waals surface area contributed by atoms with Crippen LogP contribution in [0.3, 0.4) is 0 Å². The molecule has 0 aliphatic carbocycles. The molecular formula is C10H18O2. The highest BCUT2D eigenvalue weighted by Gasteiger charge is 2.09. The standard InChI is InChI=1S/C10H18O2/c1-9-6-4-2-3-5-7-10(11)12-8-9/h9H,2-8H2,1H3/t9-/m0/s1. The van der Waals surface area contributed by atoms with Gasteiger partial charge in [0, 0.05) is 6.42 Å². The van der Waals surface area contributed by atoms with E-state index >= 15 is 0 Å². The molecule has 0 aromatic carbocycles. The number of carbonyl (C=O) groups is 1. The van der Waals surface area contributed by atoms with E-state index in [0.717, 1.165) is 6.42 Å². The average Bonchev–Trinajstić information content (AvgIpc) is 2.07. The number of cyclic esters (lactones) is 1. The molecule has 2 nitrogen and oxygen atoms in total. The van der Waals surface area contributed by atoms with Crippen LogP contribution in [0.1, 0.15) is 45.4 Å². The van der Waals surface area contributed by atoms with Crippen molar-refractivity contribution in [1.29, 1.82) is 0 Å². The highest BCUT2D eigenvalue weighted by Crippen LogP contribution is 2.14. The molecule has 0 N–H and O–H groups in total. The Kier molecular flexibility index (Phi) is 4.12. The van der Waals surface area contributed by atoms with Gasteiger partial charge >= 0.3 is 5.97 Å². The Morgan fingerprint density at radius 3 is 2.83 bits per heavy atom. The molecule has 1 saturated heterocycles. The molecule has 0 aromatic heterocycles. The molecule has 0 radical (unpaired) electrons. The predicted octanol–water partition coefficient (Wildman–Crippen LogP) is 2.52. The fourth-order valence-electron chi connectivity index (χ4n) is 1.51. The summed E-state index contributed by atoms with van der Waals surface area (Å²) in [7, 11) is 0. The van der Waals surface area contributed by atoms with Crippen molar-refractivity contribution in [3.63, 3.8) is 0 Å². The Balaban J connectivity index is 2.27. The number of rotatable bonds is 0. The van der Waals surface area contributed by atoms with Crippen molar-refractivity contribution in [2.24, 2.45) is 5.92 Å². The summed E-state index contributed by atoms with van der Waals surface area (Å²) in [5, 5.41) is 0. The molecule has 1 aliphatic heterocycles. The first-order valence-corrected chi connectivity index (χ1v) is 4.94. The van der Waals surface area contributed by atoms with Gasteiger partial charge < -0.3 is 4.74 Å². The quantitative estimate of drug-likeness (QED) is 0.522. The summed E-state index contributed by atoms with van der Waals surface area (Å²) in [5.41, 5.74) is 0. The summed E-state index contributed by atoms with van der Waals surface area (Å²) in [5.74, 6) is 0.538. The topological polar surface area (TPSA) is 26.3 Å². The minimum Gasteiger partial charge on any atom is -0.465 e. The van der Waals surface area contributed by atoms with Gasteiger partial charge in [0.1, 0.15) is 0 Å². The molecule has 2 heteroatoms. The molecule has 1 rings (SSSR count). The number of hydrogen-bond donors (Lipinski definition) is 0. The second-order valence-corrected chi connectivity index (χ2v) is 3.74. The molecule has 0 bridgehead atoms. The van der Waals surface area contributed by atoms with Crippen molar-refractivity contribution in [1.82, 2.24) is 0 Å². The Morgan fingerprint density at radius 2 is 2.00 bits per heavy atom. The molecule has 1 aliphatic rings. The molecule has 0 aromatic rings. The molecule has 1 atom stereocenters. The van der Waals surface area contributed by atoms with E-state index in [0.29, 0.717) is 18.9 Å². The van der Waals surface area contributed by atoms with Gasteiger partial charge in [0.05, 0.1) is 6.61 Å². The van der Waals surface area contributed by atoms with E-state index in [2.05, 4.69) is 6.92 Å². The highest BCUT2D eigenvalue weighted by atomic mass is 16.5. The number of carbonyl (C=O) groups excluding carboxylic acids is 1. The van der Waals surface area contributed by atoms with E-state index in [1.54, 1.807) is 0 Å². The Labute approximate surface area is 74.3 Å². The van der Waals surface area contributed by atoms with Gasteiger partial charge in [-0.05, 0) is 18.8 Å². The third-order valence-electron chi connectivity index (χ3n) is 2.36. The van der Waals surface area contributed by atoms with Crippen LogP contribution in [-0.2, 0) is 9.53 Å². The van der Waals surface area contributed by atoms with E-state index < -0.39 is 0 Å². The summed E-state index contributed by atoms with van der Waals surface area (Å²) in [6.45, 7) is 2.77. The lowest BCUT2D eigenvalue weighted by atomic mass is 10.0. The first-order valence-electron chi connectivity index (χ1n) is 4.94. The fraction of sp³-hybridized carbons (Fsp3) is 0.900. The lowest BCUT2D eigenvalue weighted by Crippen LogP contribution is -2.12. The fourth-order valence-corrected chi connectivity index (χ4v) is 1.51. The second kappa shape index (κ2) is 5.18. The lowest BCUT2D eigenvalue weighted by Gasteiger charge is -2.13. The highest BCUT2D eigenvalue weighted by molar-refractivity contribution is 5.69. The maximum Gasteiger partial charge on any atom is 0.305 e. The summed E-state index contributed by atoms with van der Waals surface area (Å²) < 4.78 is 5.09. The largest absolute Gasteiger partial charge is 0.465 e. The molecule has 0 saturated carbocycles. The molecular weight excluding hydrogens is 152 g/mol. The van der Waals surface area contributed by atoms with Crippen molar-refractivity contribution >= 4 is 5.97 Å². The number of hydrogen-bond acceptors (Lipinski definition) is 2. The zero-order valence-corrected chi connectivity index (χ0v) is 7.84. The third-order valence-corrected chi connectivity index (χ3v) is 2.36. The smallest absolute Gasteiger partial charge is 0.305 e. The molecule has 1 fully saturated rings. The first kappa shape index (κ1) is 9.56. The van der Waals surface area contributed by atoms with Crippen LogP contribution >= 0.6 is 0 Å². The van der Waals surface area contributed by atoms with E-state index in [9.17, 15) is 4.79 Å². The maximum absolute atomic E-state index is 11.0. The van der Waals surface area contributed by atoms with Gasteiger partial charge in [-0.15, -0.1) is 0 Å². The van der Waals surface area contributed by atoms with Crippen LogP contribution in [0.25, 0.3) is 0 Å². The van der Waals surface area contributed by atoms with Crippen molar-refractivity contribution < 1.29 is 9.53 Å². The van der Waals surface area contributed by atoms with E-state index in [1.165, 1.54) is 25.7 Å². The van der Waals surface area contributed by atoms with E-state index in [4.69, 9.17) is 4.74 Å². The molecule has 0 unspecified atom stereocenters. The minimum atomic E-state index is -0.0104. The lowest BCUT2D eigenvalue weighted by molar-refractivity contribution is -0.145. The van der Waals surface area contributed by atoms with Gasteiger partial charge in [0.15, 0.2) is 0 Å². The summed E-state index contributed by atoms with van der Waals surface area (Å²) in [6.07, 6.45) is 6.57. The SMILES string of the molecule is C[C@H]1CCCCCCC(=O)OC1. The summed E-state index contributed by atoms with van der Waals surface area (Å²) in [6, 6.07) is 0. The van der Waals surface area contributed by atoms with Crippen molar-refractivity contribution in [2.45, 2.75) is 45.4 Å². The van der Waals surface area contributed by atoms with Crippen LogP contribution in [0.5, 0.6) is 0 Å². The zero-order chi connectivity index (χ0) is 8.81. The molecule has 12 heavy (non-hydrogen) atoms. The third kappa shape index (κ3) is 3.74. The van der Waals surface area contributed by atoms with Gasteiger partial charge in [-0.2, -0.15) is 0 Å². The van der Waals surface area contributed by atoms with E-state index in [-0.39, 0.29) is 5.97 Å². The number of esters is 1. The Hall–Kier alpha value is -0.530. The molecule has 0 spiro atoms. The number of ether oxygens (including phenoxy) is 1. The van der Waals surface area contributed by atoms with Crippen LogP contribution in [0.4, 0.5) is 0 Å². The molecule has 70 valence electrons. The van der Waals surface area contributed by atoms with Crippen molar-refractivity contribution in [3.05, 3.63) is 0 Å². The Morgan fingerprint density at radius 1 is 1.25 bits per heavy atom. The minimum absolute atomic E-state index is 0.0104. The van der Waals surface area contributed by atoms with E-state index in [1.807, 2.05) is 0 Å².